The number of rotatable bonds is 6. The minimum absolute atomic E-state index is 0.405. The first-order valence-electron chi connectivity index (χ1n) is 11.5. The van der Waals surface area contributed by atoms with Gasteiger partial charge in [-0.05, 0) is 62.8 Å². The first kappa shape index (κ1) is 19.8. The summed E-state index contributed by atoms with van der Waals surface area (Å²) in [4.78, 5) is 12.4. The molecule has 0 spiro atoms. The van der Waals surface area contributed by atoms with Crippen molar-refractivity contribution in [1.82, 2.24) is 20.2 Å². The van der Waals surface area contributed by atoms with Gasteiger partial charge in [0.05, 0.1) is 11.8 Å². The molecule has 1 saturated carbocycles. The predicted octanol–water partition coefficient (Wildman–Crippen LogP) is 3.47. The fraction of sp³-hybridized carbons (Fsp3) is 0.583. The van der Waals surface area contributed by atoms with Gasteiger partial charge in [0.15, 0.2) is 0 Å². The molecule has 6 nitrogen and oxygen atoms in total. The van der Waals surface area contributed by atoms with Crippen molar-refractivity contribution >= 4 is 5.82 Å². The molecule has 3 aliphatic rings. The van der Waals surface area contributed by atoms with E-state index in [2.05, 4.69) is 39.8 Å². The largest absolute Gasteiger partial charge is 0.490 e. The lowest BCUT2D eigenvalue weighted by atomic mass is 10.0. The normalized spacial score (nSPS) is 22.2. The van der Waals surface area contributed by atoms with Gasteiger partial charge in [0, 0.05) is 44.7 Å². The Balaban J connectivity index is 1.30. The van der Waals surface area contributed by atoms with Crippen molar-refractivity contribution in [3.63, 3.8) is 0 Å². The van der Waals surface area contributed by atoms with E-state index in [9.17, 15) is 0 Å². The molecule has 160 valence electrons. The van der Waals surface area contributed by atoms with E-state index in [1.54, 1.807) is 0 Å². The van der Waals surface area contributed by atoms with Gasteiger partial charge in [-0.15, -0.1) is 0 Å². The Hall–Kier alpha value is -2.18. The predicted molar refractivity (Wildman–Crippen MR) is 119 cm³/mol. The van der Waals surface area contributed by atoms with Crippen LogP contribution in [0.2, 0.25) is 0 Å². The second-order valence-corrected chi connectivity index (χ2v) is 8.93. The van der Waals surface area contributed by atoms with Gasteiger partial charge in [0.2, 0.25) is 0 Å². The van der Waals surface area contributed by atoms with Crippen molar-refractivity contribution in [2.24, 2.45) is 0 Å². The van der Waals surface area contributed by atoms with Crippen molar-refractivity contribution < 1.29 is 4.74 Å². The van der Waals surface area contributed by atoms with Crippen LogP contribution in [0.5, 0.6) is 5.75 Å². The average Bonchev–Trinajstić information content (AvgIpc) is 3.47. The summed E-state index contributed by atoms with van der Waals surface area (Å²) < 4.78 is 6.21. The average molecular weight is 408 g/mol. The van der Waals surface area contributed by atoms with Crippen LogP contribution < -0.4 is 15.4 Å². The van der Waals surface area contributed by atoms with Crippen LogP contribution in [0.3, 0.4) is 0 Å². The first-order valence-corrected chi connectivity index (χ1v) is 11.5. The number of anilines is 1. The Labute approximate surface area is 179 Å². The van der Waals surface area contributed by atoms with Crippen molar-refractivity contribution in [3.8, 4) is 5.75 Å². The number of nitrogens with one attached hydrogen (secondary N) is 2. The molecule has 1 aromatic heterocycles. The van der Waals surface area contributed by atoms with E-state index in [1.165, 1.54) is 42.5 Å². The molecule has 2 aliphatic heterocycles. The summed E-state index contributed by atoms with van der Waals surface area (Å²) in [6.45, 7) is 4.89. The fourth-order valence-corrected chi connectivity index (χ4v) is 5.08. The Bertz CT molecular complexity index is 874. The summed E-state index contributed by atoms with van der Waals surface area (Å²) in [5.74, 6) is 3.47. The zero-order valence-corrected chi connectivity index (χ0v) is 18.0. The van der Waals surface area contributed by atoms with Gasteiger partial charge in [0.1, 0.15) is 17.4 Å². The van der Waals surface area contributed by atoms with Crippen LogP contribution in [0.4, 0.5) is 5.82 Å². The number of fused-ring (bicyclic) bond motifs is 1. The highest BCUT2D eigenvalue weighted by Crippen LogP contribution is 2.29. The SMILES string of the molecule is CNc1nc([C@H]2CCNC2)nc2c1CCN(Cc1cccc(OC3CCCC3)c1)C2. The zero-order chi connectivity index (χ0) is 20.3. The Morgan fingerprint density at radius 3 is 2.90 bits per heavy atom. The Kier molecular flexibility index (Phi) is 5.86. The molecule has 1 atom stereocenters. The van der Waals surface area contributed by atoms with Gasteiger partial charge in [-0.25, -0.2) is 9.97 Å². The van der Waals surface area contributed by atoms with E-state index in [4.69, 9.17) is 14.7 Å². The van der Waals surface area contributed by atoms with Crippen LogP contribution in [0.25, 0.3) is 0 Å². The number of aromatic nitrogens is 2. The van der Waals surface area contributed by atoms with E-state index in [1.807, 2.05) is 7.05 Å². The molecular weight excluding hydrogens is 374 g/mol. The summed E-state index contributed by atoms with van der Waals surface area (Å²) in [5, 5.41) is 6.76. The highest BCUT2D eigenvalue weighted by Gasteiger charge is 2.26. The molecule has 2 fully saturated rings. The van der Waals surface area contributed by atoms with E-state index in [0.29, 0.717) is 12.0 Å². The molecule has 5 rings (SSSR count). The van der Waals surface area contributed by atoms with Crippen LogP contribution in [-0.4, -0.2) is 47.7 Å². The standard InChI is InChI=1S/C24H33N5O/c1-25-24-21-10-12-29(16-22(21)27-23(28-24)18-9-11-26-14-18)15-17-5-4-8-20(13-17)30-19-6-2-3-7-19/h4-5,8,13,18-19,26H,2-3,6-7,9-12,14-16H2,1H3,(H,25,27,28)/t18-/m0/s1. The Morgan fingerprint density at radius 2 is 2.10 bits per heavy atom. The maximum Gasteiger partial charge on any atom is 0.135 e. The van der Waals surface area contributed by atoms with Gasteiger partial charge in [0.25, 0.3) is 0 Å². The molecule has 1 aliphatic carbocycles. The molecule has 0 unspecified atom stereocenters. The number of ether oxygens (including phenoxy) is 1. The van der Waals surface area contributed by atoms with Crippen LogP contribution >= 0.6 is 0 Å². The highest BCUT2D eigenvalue weighted by atomic mass is 16.5. The van der Waals surface area contributed by atoms with Gasteiger partial charge < -0.3 is 15.4 Å². The lowest BCUT2D eigenvalue weighted by Crippen LogP contribution is -2.32. The lowest BCUT2D eigenvalue weighted by Gasteiger charge is -2.30. The third-order valence-corrected chi connectivity index (χ3v) is 6.73. The second kappa shape index (κ2) is 8.90. The van der Waals surface area contributed by atoms with Crippen molar-refractivity contribution in [2.45, 2.75) is 63.6 Å². The fourth-order valence-electron chi connectivity index (χ4n) is 5.08. The summed E-state index contributed by atoms with van der Waals surface area (Å²) in [5.41, 5.74) is 3.81. The van der Waals surface area contributed by atoms with Crippen LogP contribution in [0.1, 0.15) is 60.7 Å². The molecular formula is C24H33N5O. The molecule has 1 saturated heterocycles. The molecule has 0 radical (unpaired) electrons. The van der Waals surface area contributed by atoms with Gasteiger partial charge in [-0.1, -0.05) is 12.1 Å². The summed E-state index contributed by atoms with van der Waals surface area (Å²) >= 11 is 0. The van der Waals surface area contributed by atoms with Gasteiger partial charge >= 0.3 is 0 Å². The number of hydrogen-bond donors (Lipinski definition) is 2. The van der Waals surface area contributed by atoms with Crippen LogP contribution in [0, 0.1) is 0 Å². The van der Waals surface area contributed by atoms with E-state index in [-0.39, 0.29) is 0 Å². The molecule has 6 heteroatoms. The molecule has 0 bridgehead atoms. The lowest BCUT2D eigenvalue weighted by molar-refractivity contribution is 0.208. The minimum atomic E-state index is 0.405. The summed E-state index contributed by atoms with van der Waals surface area (Å²) in [7, 11) is 1.97. The molecule has 0 amide bonds. The zero-order valence-electron chi connectivity index (χ0n) is 18.0. The number of hydrogen-bond acceptors (Lipinski definition) is 6. The molecule has 1 aromatic carbocycles. The van der Waals surface area contributed by atoms with Gasteiger partial charge in [-0.3, -0.25) is 4.90 Å². The molecule has 30 heavy (non-hydrogen) atoms. The summed E-state index contributed by atoms with van der Waals surface area (Å²) in [6.07, 6.45) is 7.51. The highest BCUT2D eigenvalue weighted by molar-refractivity contribution is 5.48. The number of nitrogens with zero attached hydrogens (tertiary/aromatic N) is 3. The third-order valence-electron chi connectivity index (χ3n) is 6.73. The molecule has 3 heterocycles. The smallest absolute Gasteiger partial charge is 0.135 e. The molecule has 2 aromatic rings. The maximum atomic E-state index is 6.21. The van der Waals surface area contributed by atoms with E-state index < -0.39 is 0 Å². The van der Waals surface area contributed by atoms with Crippen molar-refractivity contribution in [1.29, 1.82) is 0 Å². The van der Waals surface area contributed by atoms with Crippen molar-refractivity contribution in [2.75, 3.05) is 32.0 Å². The number of benzene rings is 1. The van der Waals surface area contributed by atoms with Gasteiger partial charge in [-0.2, -0.15) is 0 Å². The van der Waals surface area contributed by atoms with Crippen LogP contribution in [0.15, 0.2) is 24.3 Å². The van der Waals surface area contributed by atoms with E-state index >= 15 is 0 Å². The minimum Gasteiger partial charge on any atom is -0.490 e. The third kappa shape index (κ3) is 4.30. The van der Waals surface area contributed by atoms with E-state index in [0.717, 1.165) is 63.0 Å². The molecule has 2 N–H and O–H groups in total. The van der Waals surface area contributed by atoms with Crippen LogP contribution in [-0.2, 0) is 19.5 Å². The quantitative estimate of drug-likeness (QED) is 0.765. The Morgan fingerprint density at radius 1 is 1.20 bits per heavy atom. The second-order valence-electron chi connectivity index (χ2n) is 8.93. The maximum absolute atomic E-state index is 6.21. The topological polar surface area (TPSA) is 62.3 Å². The first-order chi connectivity index (χ1) is 14.8. The summed E-state index contributed by atoms with van der Waals surface area (Å²) in [6, 6.07) is 8.67. The van der Waals surface area contributed by atoms with Crippen molar-refractivity contribution in [3.05, 3.63) is 46.9 Å². The monoisotopic (exact) mass is 407 g/mol.